The van der Waals surface area contributed by atoms with Crippen LogP contribution in [-0.4, -0.2) is 54.0 Å². The molecule has 0 radical (unpaired) electrons. The van der Waals surface area contributed by atoms with E-state index in [1.165, 1.54) is 0 Å². The van der Waals surface area contributed by atoms with E-state index >= 15 is 0 Å². The Morgan fingerprint density at radius 2 is 1.50 bits per heavy atom. The average molecular weight is 366 g/mol. The Morgan fingerprint density at radius 1 is 0.962 bits per heavy atom. The molecule has 0 aromatic heterocycles. The third-order valence-electron chi connectivity index (χ3n) is 5.91. The average Bonchev–Trinajstić information content (AvgIpc) is 3.11. The van der Waals surface area contributed by atoms with Crippen molar-refractivity contribution in [3.63, 3.8) is 0 Å². The van der Waals surface area contributed by atoms with Gasteiger partial charge in [-0.1, -0.05) is 34.6 Å². The molecule has 0 aromatic carbocycles. The second-order valence-electron chi connectivity index (χ2n) is 9.64. The minimum absolute atomic E-state index is 0.0431. The number of nitrogens with one attached hydrogen (secondary N) is 1. The quantitative estimate of drug-likeness (QED) is 0.804. The fraction of sp³-hybridized carbons (Fsp3) is 0.905. The highest BCUT2D eigenvalue weighted by molar-refractivity contribution is 5.80. The lowest BCUT2D eigenvalue weighted by molar-refractivity contribution is -0.127. The maximum atomic E-state index is 12.8. The molecule has 0 aliphatic carbocycles. The van der Waals surface area contributed by atoms with Crippen molar-refractivity contribution in [3.05, 3.63) is 0 Å². The minimum atomic E-state index is 0.0431. The first kappa shape index (κ1) is 21.0. The van der Waals surface area contributed by atoms with Crippen LogP contribution in [0.1, 0.15) is 73.1 Å². The zero-order valence-corrected chi connectivity index (χ0v) is 17.5. The van der Waals surface area contributed by atoms with Gasteiger partial charge in [0.15, 0.2) is 0 Å². The van der Waals surface area contributed by atoms with E-state index < -0.39 is 0 Å². The van der Waals surface area contributed by atoms with E-state index in [0.717, 1.165) is 51.6 Å². The Balaban J connectivity index is 1.83. The molecule has 2 aliphatic heterocycles. The van der Waals surface area contributed by atoms with E-state index in [9.17, 15) is 9.59 Å². The van der Waals surface area contributed by atoms with Crippen LogP contribution >= 0.6 is 0 Å². The number of likely N-dealkylation sites (tertiary alicyclic amines) is 2. The van der Waals surface area contributed by atoms with Gasteiger partial charge in [0.2, 0.25) is 5.91 Å². The van der Waals surface area contributed by atoms with Crippen molar-refractivity contribution in [2.45, 2.75) is 79.2 Å². The first-order valence-corrected chi connectivity index (χ1v) is 10.5. The molecule has 5 heteroatoms. The lowest BCUT2D eigenvalue weighted by atomic mass is 9.82. The maximum absolute atomic E-state index is 12.8. The van der Waals surface area contributed by atoms with Crippen LogP contribution in [-0.2, 0) is 4.79 Å². The SMILES string of the molecule is CC(C)CCC(NC(=O)C1CCN(C(=O)N2CCCC2)CC1)C(C)(C)C. The summed E-state index contributed by atoms with van der Waals surface area (Å²) in [6.45, 7) is 14.3. The summed E-state index contributed by atoms with van der Waals surface area (Å²) in [5.74, 6) is 0.875. The summed E-state index contributed by atoms with van der Waals surface area (Å²) in [5.41, 5.74) is 0.0664. The van der Waals surface area contributed by atoms with Gasteiger partial charge in [0.25, 0.3) is 0 Å². The molecule has 5 nitrogen and oxygen atoms in total. The summed E-state index contributed by atoms with van der Waals surface area (Å²) in [6.07, 6.45) is 5.97. The van der Waals surface area contributed by atoms with Crippen LogP contribution in [0.3, 0.4) is 0 Å². The fourth-order valence-electron chi connectivity index (χ4n) is 3.95. The number of amides is 3. The Hall–Kier alpha value is -1.26. The summed E-state index contributed by atoms with van der Waals surface area (Å²) >= 11 is 0. The minimum Gasteiger partial charge on any atom is -0.353 e. The Labute approximate surface area is 159 Å². The van der Waals surface area contributed by atoms with Crippen molar-refractivity contribution in [1.82, 2.24) is 15.1 Å². The topological polar surface area (TPSA) is 52.7 Å². The van der Waals surface area contributed by atoms with E-state index in [1.54, 1.807) is 0 Å². The molecule has 0 spiro atoms. The largest absolute Gasteiger partial charge is 0.353 e. The normalized spacial score (nSPS) is 20.5. The number of hydrogen-bond donors (Lipinski definition) is 1. The van der Waals surface area contributed by atoms with Crippen molar-refractivity contribution in [3.8, 4) is 0 Å². The molecule has 2 fully saturated rings. The number of carbonyl (C=O) groups excluding carboxylic acids is 2. The molecule has 0 aromatic rings. The van der Waals surface area contributed by atoms with Gasteiger partial charge in [-0.25, -0.2) is 4.79 Å². The molecule has 2 rings (SSSR count). The van der Waals surface area contributed by atoms with Gasteiger partial charge in [-0.3, -0.25) is 4.79 Å². The van der Waals surface area contributed by atoms with E-state index in [-0.39, 0.29) is 29.3 Å². The third-order valence-corrected chi connectivity index (χ3v) is 5.91. The number of urea groups is 1. The van der Waals surface area contributed by atoms with Gasteiger partial charge in [-0.2, -0.15) is 0 Å². The third kappa shape index (κ3) is 5.88. The summed E-state index contributed by atoms with van der Waals surface area (Å²) in [4.78, 5) is 29.2. The zero-order chi connectivity index (χ0) is 19.3. The molecule has 2 heterocycles. The monoisotopic (exact) mass is 365 g/mol. The highest BCUT2D eigenvalue weighted by Crippen LogP contribution is 2.26. The van der Waals surface area contributed by atoms with Gasteiger partial charge in [0, 0.05) is 38.1 Å². The summed E-state index contributed by atoms with van der Waals surface area (Å²) in [5, 5.41) is 3.33. The van der Waals surface area contributed by atoms with Gasteiger partial charge in [-0.15, -0.1) is 0 Å². The van der Waals surface area contributed by atoms with Gasteiger partial charge in [-0.05, 0) is 49.9 Å². The van der Waals surface area contributed by atoms with Crippen molar-refractivity contribution in [2.75, 3.05) is 26.2 Å². The summed E-state index contributed by atoms with van der Waals surface area (Å²) < 4.78 is 0. The van der Waals surface area contributed by atoms with Crippen LogP contribution in [0.5, 0.6) is 0 Å². The van der Waals surface area contributed by atoms with Crippen LogP contribution < -0.4 is 5.32 Å². The van der Waals surface area contributed by atoms with Crippen molar-refractivity contribution in [1.29, 1.82) is 0 Å². The van der Waals surface area contributed by atoms with Gasteiger partial charge >= 0.3 is 6.03 Å². The Kier molecular flexibility index (Phi) is 7.36. The lowest BCUT2D eigenvalue weighted by Crippen LogP contribution is -2.50. The molecule has 0 saturated carbocycles. The van der Waals surface area contributed by atoms with Crippen LogP contribution in [0, 0.1) is 17.3 Å². The maximum Gasteiger partial charge on any atom is 0.319 e. The summed E-state index contributed by atoms with van der Waals surface area (Å²) in [6, 6.07) is 0.382. The molecule has 2 saturated heterocycles. The number of piperidine rings is 1. The molecule has 150 valence electrons. The Bertz CT molecular complexity index is 470. The Morgan fingerprint density at radius 3 is 2.00 bits per heavy atom. The van der Waals surface area contributed by atoms with Gasteiger partial charge < -0.3 is 15.1 Å². The van der Waals surface area contributed by atoms with E-state index in [4.69, 9.17) is 0 Å². The molecule has 1 atom stereocenters. The highest BCUT2D eigenvalue weighted by Gasteiger charge is 2.33. The number of carbonyl (C=O) groups is 2. The molecular formula is C21H39N3O2. The molecule has 1 N–H and O–H groups in total. The standard InChI is InChI=1S/C21H39N3O2/c1-16(2)8-9-18(21(3,4)5)22-19(25)17-10-14-24(15-11-17)20(26)23-12-6-7-13-23/h16-18H,6-15H2,1-5H3,(H,22,25). The van der Waals surface area contributed by atoms with E-state index in [1.807, 2.05) is 9.80 Å². The van der Waals surface area contributed by atoms with E-state index in [2.05, 4.69) is 39.9 Å². The molecule has 3 amide bonds. The second-order valence-corrected chi connectivity index (χ2v) is 9.64. The first-order chi connectivity index (χ1) is 12.2. The first-order valence-electron chi connectivity index (χ1n) is 10.5. The molecular weight excluding hydrogens is 326 g/mol. The summed E-state index contributed by atoms with van der Waals surface area (Å²) in [7, 11) is 0. The van der Waals surface area contributed by atoms with Crippen molar-refractivity contribution < 1.29 is 9.59 Å². The van der Waals surface area contributed by atoms with Crippen molar-refractivity contribution in [2.24, 2.45) is 17.3 Å². The van der Waals surface area contributed by atoms with Crippen LogP contribution in [0.4, 0.5) is 4.79 Å². The molecule has 0 bridgehead atoms. The van der Waals surface area contributed by atoms with Crippen LogP contribution in [0.2, 0.25) is 0 Å². The zero-order valence-electron chi connectivity index (χ0n) is 17.5. The van der Waals surface area contributed by atoms with Gasteiger partial charge in [0.1, 0.15) is 0 Å². The smallest absolute Gasteiger partial charge is 0.319 e. The predicted octanol–water partition coefficient (Wildman–Crippen LogP) is 3.88. The molecule has 26 heavy (non-hydrogen) atoms. The number of nitrogens with zero attached hydrogens (tertiary/aromatic N) is 2. The number of hydrogen-bond acceptors (Lipinski definition) is 2. The van der Waals surface area contributed by atoms with Gasteiger partial charge in [0.05, 0.1) is 0 Å². The molecule has 2 aliphatic rings. The van der Waals surface area contributed by atoms with Crippen LogP contribution in [0.25, 0.3) is 0 Å². The van der Waals surface area contributed by atoms with Crippen LogP contribution in [0.15, 0.2) is 0 Å². The highest BCUT2D eigenvalue weighted by atomic mass is 16.2. The molecule has 1 unspecified atom stereocenters. The fourth-order valence-corrected chi connectivity index (χ4v) is 3.95. The van der Waals surface area contributed by atoms with E-state index in [0.29, 0.717) is 19.0 Å². The van der Waals surface area contributed by atoms with Crippen molar-refractivity contribution >= 4 is 11.9 Å². The number of rotatable bonds is 5. The predicted molar refractivity (Wildman–Crippen MR) is 106 cm³/mol. The second kappa shape index (κ2) is 9.09. The lowest BCUT2D eigenvalue weighted by Gasteiger charge is -2.36.